The van der Waals surface area contributed by atoms with Gasteiger partial charge in [-0.25, -0.2) is 0 Å². The number of piperazine rings is 1. The van der Waals surface area contributed by atoms with Crippen molar-refractivity contribution in [2.45, 2.75) is 26.3 Å². The summed E-state index contributed by atoms with van der Waals surface area (Å²) in [6, 6.07) is 8.08. The molecule has 0 spiro atoms. The van der Waals surface area contributed by atoms with Crippen LogP contribution in [0.25, 0.3) is 0 Å². The number of nitrogens with zero attached hydrogens (tertiary/aromatic N) is 4. The second-order valence-electron chi connectivity index (χ2n) is 7.25. The molecule has 0 amide bonds. The van der Waals surface area contributed by atoms with Crippen LogP contribution in [-0.2, 0) is 13.0 Å². The van der Waals surface area contributed by atoms with E-state index in [0.29, 0.717) is 6.61 Å². The van der Waals surface area contributed by atoms with E-state index in [1.165, 1.54) is 5.56 Å². The van der Waals surface area contributed by atoms with E-state index in [1.54, 1.807) is 13.4 Å². The predicted molar refractivity (Wildman–Crippen MR) is 133 cm³/mol. The summed E-state index contributed by atoms with van der Waals surface area (Å²) < 4.78 is 16.0. The number of hydrogen-bond donors (Lipinski definition) is 1. The van der Waals surface area contributed by atoms with Crippen LogP contribution in [0.15, 0.2) is 40.0 Å². The quantitative estimate of drug-likeness (QED) is 0.226. The smallest absolute Gasteiger partial charge is 0.193 e. The van der Waals surface area contributed by atoms with Gasteiger partial charge in [-0.2, -0.15) is 0 Å². The van der Waals surface area contributed by atoms with E-state index in [0.717, 1.165) is 75.3 Å². The summed E-state index contributed by atoms with van der Waals surface area (Å²) in [4.78, 5) is 9.18. The standard InChI is InChI=1S/C22H33N5O3.HI/c1-4-29-21-16-18(7-8-20(21)28-3)6-5-10-24-22(23-2)27-13-11-26(12-14-27)17-19-9-15-30-25-19;/h7-9,15-16H,4-6,10-14,17H2,1-3H3,(H,23,24);1H. The van der Waals surface area contributed by atoms with Crippen molar-refractivity contribution in [3.05, 3.63) is 41.8 Å². The lowest BCUT2D eigenvalue weighted by atomic mass is 10.1. The number of aliphatic imine (C=N–C) groups is 1. The number of benzene rings is 1. The van der Waals surface area contributed by atoms with Crippen molar-refractivity contribution in [2.24, 2.45) is 4.99 Å². The zero-order valence-electron chi connectivity index (χ0n) is 18.7. The molecule has 1 N–H and O–H groups in total. The molecule has 31 heavy (non-hydrogen) atoms. The molecule has 3 rings (SSSR count). The van der Waals surface area contributed by atoms with Gasteiger partial charge in [0.2, 0.25) is 0 Å². The number of aryl methyl sites for hydroxylation is 1. The Hall–Kier alpha value is -2.01. The van der Waals surface area contributed by atoms with E-state index in [4.69, 9.17) is 14.0 Å². The van der Waals surface area contributed by atoms with Crippen LogP contribution in [-0.4, -0.2) is 74.4 Å². The predicted octanol–water partition coefficient (Wildman–Crippen LogP) is 3.03. The van der Waals surface area contributed by atoms with Gasteiger partial charge in [-0.15, -0.1) is 24.0 Å². The van der Waals surface area contributed by atoms with Crippen LogP contribution in [0.5, 0.6) is 11.5 Å². The van der Waals surface area contributed by atoms with E-state index >= 15 is 0 Å². The van der Waals surface area contributed by atoms with Gasteiger partial charge in [0, 0.05) is 52.4 Å². The highest BCUT2D eigenvalue weighted by atomic mass is 127. The summed E-state index contributed by atoms with van der Waals surface area (Å²) in [6.07, 6.45) is 3.61. The maximum absolute atomic E-state index is 5.67. The first-order chi connectivity index (χ1) is 14.7. The molecule has 2 heterocycles. The Kier molecular flexibility index (Phi) is 10.9. The molecule has 1 aliphatic rings. The first kappa shape index (κ1) is 25.3. The van der Waals surface area contributed by atoms with Crippen LogP contribution in [0.3, 0.4) is 0 Å². The first-order valence-corrected chi connectivity index (χ1v) is 10.6. The van der Waals surface area contributed by atoms with Gasteiger partial charge in [0.15, 0.2) is 17.5 Å². The van der Waals surface area contributed by atoms with Crippen LogP contribution in [0, 0.1) is 0 Å². The number of rotatable bonds is 9. The molecule has 1 aliphatic heterocycles. The second-order valence-corrected chi connectivity index (χ2v) is 7.25. The molecule has 1 aromatic heterocycles. The number of halogens is 1. The van der Waals surface area contributed by atoms with Gasteiger partial charge in [-0.05, 0) is 37.5 Å². The van der Waals surface area contributed by atoms with Crippen LogP contribution in [0.1, 0.15) is 24.6 Å². The molecular formula is C22H34IN5O3. The number of methoxy groups -OCH3 is 1. The fourth-order valence-corrected chi connectivity index (χ4v) is 3.64. The van der Waals surface area contributed by atoms with E-state index in [2.05, 4.69) is 37.4 Å². The van der Waals surface area contributed by atoms with Gasteiger partial charge < -0.3 is 24.2 Å². The fourth-order valence-electron chi connectivity index (χ4n) is 3.64. The monoisotopic (exact) mass is 543 g/mol. The zero-order chi connectivity index (χ0) is 21.2. The van der Waals surface area contributed by atoms with Crippen molar-refractivity contribution in [2.75, 3.05) is 53.5 Å². The van der Waals surface area contributed by atoms with Gasteiger partial charge in [0.1, 0.15) is 6.26 Å². The van der Waals surface area contributed by atoms with Crippen molar-refractivity contribution in [1.29, 1.82) is 0 Å². The number of hydrogen-bond acceptors (Lipinski definition) is 6. The molecular weight excluding hydrogens is 509 g/mol. The summed E-state index contributed by atoms with van der Waals surface area (Å²) >= 11 is 0. The summed E-state index contributed by atoms with van der Waals surface area (Å²) in [7, 11) is 3.52. The Labute approximate surface area is 202 Å². The highest BCUT2D eigenvalue weighted by molar-refractivity contribution is 14.0. The highest BCUT2D eigenvalue weighted by Gasteiger charge is 2.20. The molecule has 172 valence electrons. The molecule has 1 aromatic carbocycles. The SMILES string of the molecule is CCOc1cc(CCCNC(=NC)N2CCN(Cc3ccon3)CC2)ccc1OC.I. The normalized spacial score (nSPS) is 14.8. The van der Waals surface area contributed by atoms with E-state index in [9.17, 15) is 0 Å². The highest BCUT2D eigenvalue weighted by Crippen LogP contribution is 2.28. The third-order valence-corrected chi connectivity index (χ3v) is 5.21. The molecule has 0 bridgehead atoms. The van der Waals surface area contributed by atoms with E-state index < -0.39 is 0 Å². The molecule has 0 unspecified atom stereocenters. The Morgan fingerprint density at radius 2 is 2.00 bits per heavy atom. The van der Waals surface area contributed by atoms with Crippen molar-refractivity contribution in [1.82, 2.24) is 20.3 Å². The van der Waals surface area contributed by atoms with Crippen LogP contribution in [0.2, 0.25) is 0 Å². The number of nitrogens with one attached hydrogen (secondary N) is 1. The van der Waals surface area contributed by atoms with Gasteiger partial charge in [0.25, 0.3) is 0 Å². The van der Waals surface area contributed by atoms with Crippen LogP contribution in [0.4, 0.5) is 0 Å². The molecule has 1 saturated heterocycles. The lowest BCUT2D eigenvalue weighted by Crippen LogP contribution is -2.52. The van der Waals surface area contributed by atoms with Gasteiger partial charge >= 0.3 is 0 Å². The maximum Gasteiger partial charge on any atom is 0.193 e. The molecule has 8 nitrogen and oxygen atoms in total. The van der Waals surface area contributed by atoms with E-state index in [1.807, 2.05) is 26.1 Å². The average Bonchev–Trinajstić information content (AvgIpc) is 3.28. The van der Waals surface area contributed by atoms with Gasteiger partial charge in [-0.3, -0.25) is 9.89 Å². The topological polar surface area (TPSA) is 75.4 Å². The van der Waals surface area contributed by atoms with Crippen LogP contribution < -0.4 is 14.8 Å². The minimum Gasteiger partial charge on any atom is -0.493 e. The zero-order valence-corrected chi connectivity index (χ0v) is 21.0. The minimum atomic E-state index is 0. The van der Waals surface area contributed by atoms with Crippen molar-refractivity contribution in [3.8, 4) is 11.5 Å². The van der Waals surface area contributed by atoms with Gasteiger partial charge in [-0.1, -0.05) is 11.2 Å². The summed E-state index contributed by atoms with van der Waals surface area (Å²) in [5.74, 6) is 2.56. The molecule has 0 aliphatic carbocycles. The Morgan fingerprint density at radius 3 is 2.65 bits per heavy atom. The third kappa shape index (κ3) is 7.57. The largest absolute Gasteiger partial charge is 0.493 e. The summed E-state index contributed by atoms with van der Waals surface area (Å²) in [6.45, 7) is 8.20. The molecule has 0 radical (unpaired) electrons. The number of ether oxygens (including phenoxy) is 2. The molecule has 9 heteroatoms. The Morgan fingerprint density at radius 1 is 1.19 bits per heavy atom. The molecule has 0 atom stereocenters. The first-order valence-electron chi connectivity index (χ1n) is 10.6. The van der Waals surface area contributed by atoms with Gasteiger partial charge in [0.05, 0.1) is 19.4 Å². The summed E-state index contributed by atoms with van der Waals surface area (Å²) in [5.41, 5.74) is 2.23. The molecule has 1 fully saturated rings. The number of guanidine groups is 1. The van der Waals surface area contributed by atoms with Crippen molar-refractivity contribution >= 4 is 29.9 Å². The maximum atomic E-state index is 5.67. The van der Waals surface area contributed by atoms with Crippen molar-refractivity contribution < 1.29 is 14.0 Å². The van der Waals surface area contributed by atoms with E-state index in [-0.39, 0.29) is 24.0 Å². The second kappa shape index (κ2) is 13.4. The Bertz CT molecular complexity index is 792. The lowest BCUT2D eigenvalue weighted by Gasteiger charge is -2.36. The molecule has 2 aromatic rings. The number of aromatic nitrogens is 1. The Balaban J connectivity index is 0.00000341. The fraction of sp³-hybridized carbons (Fsp3) is 0.545. The average molecular weight is 543 g/mol. The van der Waals surface area contributed by atoms with Crippen LogP contribution >= 0.6 is 24.0 Å². The minimum absolute atomic E-state index is 0. The summed E-state index contributed by atoms with van der Waals surface area (Å²) in [5, 5.41) is 7.51. The van der Waals surface area contributed by atoms with Crippen molar-refractivity contribution in [3.63, 3.8) is 0 Å². The molecule has 0 saturated carbocycles. The lowest BCUT2D eigenvalue weighted by molar-refractivity contribution is 0.169. The third-order valence-electron chi connectivity index (χ3n) is 5.21.